The van der Waals surface area contributed by atoms with Gasteiger partial charge in [0.25, 0.3) is 0 Å². The highest BCUT2D eigenvalue weighted by Crippen LogP contribution is 2.40. The first-order chi connectivity index (χ1) is 19.1. The van der Waals surface area contributed by atoms with Crippen LogP contribution in [0.15, 0.2) is 54.6 Å². The van der Waals surface area contributed by atoms with Gasteiger partial charge in [0.1, 0.15) is 17.5 Å². The Morgan fingerprint density at radius 3 is 2.36 bits per heavy atom. The van der Waals surface area contributed by atoms with Crippen LogP contribution in [0.4, 0.5) is 22.0 Å². The van der Waals surface area contributed by atoms with E-state index in [9.17, 15) is 4.39 Å². The average Bonchev–Trinajstić information content (AvgIpc) is 3.47. The predicted molar refractivity (Wildman–Crippen MR) is 157 cm³/mol. The minimum absolute atomic E-state index is 0.0533. The molecule has 0 atom stereocenters. The maximum atomic E-state index is 13.6. The Morgan fingerprint density at radius 2 is 1.62 bits per heavy atom. The molecular formula is C30H35FN6OS. The number of aromatic nitrogens is 2. The predicted octanol–water partition coefficient (Wildman–Crippen LogP) is 4.81. The van der Waals surface area contributed by atoms with Crippen LogP contribution < -0.4 is 20.4 Å². The van der Waals surface area contributed by atoms with Gasteiger partial charge < -0.3 is 25.2 Å². The van der Waals surface area contributed by atoms with E-state index in [1.165, 1.54) is 11.1 Å². The van der Waals surface area contributed by atoms with Gasteiger partial charge in [0.05, 0.1) is 13.2 Å². The van der Waals surface area contributed by atoms with Gasteiger partial charge >= 0.3 is 0 Å². The third-order valence-corrected chi connectivity index (χ3v) is 8.57. The molecule has 0 radical (unpaired) electrons. The molecule has 7 nitrogen and oxygen atoms in total. The number of thiocarbonyl (C=S) groups is 1. The molecule has 0 amide bonds. The van der Waals surface area contributed by atoms with E-state index in [1.54, 1.807) is 12.1 Å². The van der Waals surface area contributed by atoms with Crippen molar-refractivity contribution in [1.82, 2.24) is 15.3 Å². The van der Waals surface area contributed by atoms with Gasteiger partial charge in [-0.3, -0.25) is 0 Å². The van der Waals surface area contributed by atoms with Gasteiger partial charge in [-0.25, -0.2) is 4.39 Å². The molecule has 1 saturated carbocycles. The third kappa shape index (κ3) is 5.84. The zero-order chi connectivity index (χ0) is 26.7. The van der Waals surface area contributed by atoms with Crippen LogP contribution in [-0.4, -0.2) is 54.5 Å². The monoisotopic (exact) mass is 546 g/mol. The number of hydrogen-bond acceptors (Lipinski definition) is 6. The first kappa shape index (κ1) is 26.0. The Bertz CT molecular complexity index is 1310. The number of ether oxygens (including phenoxy) is 1. The molecule has 2 aliphatic heterocycles. The summed E-state index contributed by atoms with van der Waals surface area (Å²) in [5, 5.41) is 7.21. The summed E-state index contributed by atoms with van der Waals surface area (Å²) in [6, 6.07) is 17.6. The van der Waals surface area contributed by atoms with E-state index in [0.717, 1.165) is 75.5 Å². The normalized spacial score (nSPS) is 18.5. The summed E-state index contributed by atoms with van der Waals surface area (Å²) >= 11 is 5.73. The van der Waals surface area contributed by atoms with Crippen LogP contribution in [0.5, 0.6) is 0 Å². The van der Waals surface area contributed by atoms with Crippen LogP contribution in [0.25, 0.3) is 0 Å². The van der Waals surface area contributed by atoms with Crippen LogP contribution >= 0.6 is 12.2 Å². The molecular weight excluding hydrogens is 511 g/mol. The zero-order valence-electron chi connectivity index (χ0n) is 22.2. The number of anilines is 3. The molecule has 1 aliphatic carbocycles. The Balaban J connectivity index is 1.20. The maximum Gasteiger partial charge on any atom is 0.232 e. The molecule has 204 valence electrons. The molecule has 9 heteroatoms. The topological polar surface area (TPSA) is 65.6 Å². The summed E-state index contributed by atoms with van der Waals surface area (Å²) in [4.78, 5) is 14.3. The molecule has 3 heterocycles. The van der Waals surface area contributed by atoms with Gasteiger partial charge in [0.2, 0.25) is 5.95 Å². The Hall–Kier alpha value is -3.30. The van der Waals surface area contributed by atoms with E-state index in [2.05, 4.69) is 50.8 Å². The molecule has 0 unspecified atom stereocenters. The van der Waals surface area contributed by atoms with Gasteiger partial charge in [-0.05, 0) is 60.3 Å². The fraction of sp³-hybridized carbons (Fsp3) is 0.433. The molecule has 6 rings (SSSR count). The second-order valence-corrected chi connectivity index (χ2v) is 11.2. The van der Waals surface area contributed by atoms with E-state index >= 15 is 0 Å². The lowest BCUT2D eigenvalue weighted by molar-refractivity contribution is 0.122. The number of halogens is 1. The van der Waals surface area contributed by atoms with Crippen LogP contribution in [0.2, 0.25) is 0 Å². The minimum Gasteiger partial charge on any atom is -0.378 e. The van der Waals surface area contributed by atoms with Crippen molar-refractivity contribution in [2.45, 2.75) is 44.1 Å². The molecule has 3 aromatic rings. The summed E-state index contributed by atoms with van der Waals surface area (Å²) in [5.41, 5.74) is 3.85. The maximum absolute atomic E-state index is 13.6. The summed E-state index contributed by atoms with van der Waals surface area (Å²) < 4.78 is 19.2. The average molecular weight is 547 g/mol. The van der Waals surface area contributed by atoms with Gasteiger partial charge in [-0.1, -0.05) is 49.2 Å². The zero-order valence-corrected chi connectivity index (χ0v) is 23.0. The van der Waals surface area contributed by atoms with E-state index in [4.69, 9.17) is 26.9 Å². The number of hydrogen-bond donors (Lipinski definition) is 2. The first-order valence-electron chi connectivity index (χ1n) is 13.9. The van der Waals surface area contributed by atoms with Crippen molar-refractivity contribution < 1.29 is 9.13 Å². The van der Waals surface area contributed by atoms with Gasteiger partial charge in [0.15, 0.2) is 5.11 Å². The molecule has 2 aromatic carbocycles. The van der Waals surface area contributed by atoms with Crippen molar-refractivity contribution in [2.75, 3.05) is 54.5 Å². The Labute approximate surface area is 234 Å². The summed E-state index contributed by atoms with van der Waals surface area (Å²) in [7, 11) is 0. The highest BCUT2D eigenvalue weighted by molar-refractivity contribution is 7.80. The Kier molecular flexibility index (Phi) is 7.61. The second-order valence-electron chi connectivity index (χ2n) is 10.7. The summed E-state index contributed by atoms with van der Waals surface area (Å²) in [6.07, 6.45) is 5.41. The molecule has 1 aromatic heterocycles. The number of benzene rings is 2. The largest absolute Gasteiger partial charge is 0.378 e. The van der Waals surface area contributed by atoms with Crippen LogP contribution in [-0.2, 0) is 23.1 Å². The molecule has 1 saturated heterocycles. The van der Waals surface area contributed by atoms with Crippen molar-refractivity contribution in [3.05, 3.63) is 77.1 Å². The van der Waals surface area contributed by atoms with Gasteiger partial charge in [-0.2, -0.15) is 9.97 Å². The highest BCUT2D eigenvalue weighted by atomic mass is 32.1. The van der Waals surface area contributed by atoms with Crippen LogP contribution in [0, 0.1) is 5.82 Å². The van der Waals surface area contributed by atoms with Crippen molar-refractivity contribution in [1.29, 1.82) is 0 Å². The molecule has 3 aliphatic rings. The van der Waals surface area contributed by atoms with Crippen LogP contribution in [0.1, 0.15) is 42.4 Å². The third-order valence-electron chi connectivity index (χ3n) is 8.32. The highest BCUT2D eigenvalue weighted by Gasteiger charge is 2.35. The number of nitrogens with one attached hydrogen (secondary N) is 2. The van der Waals surface area contributed by atoms with E-state index < -0.39 is 0 Å². The molecule has 0 spiro atoms. The summed E-state index contributed by atoms with van der Waals surface area (Å²) in [6.45, 7) is 5.36. The fourth-order valence-corrected chi connectivity index (χ4v) is 6.27. The van der Waals surface area contributed by atoms with Crippen molar-refractivity contribution in [3.63, 3.8) is 0 Å². The number of nitrogens with zero attached hydrogens (tertiary/aromatic N) is 4. The smallest absolute Gasteiger partial charge is 0.232 e. The van der Waals surface area contributed by atoms with E-state index in [1.807, 2.05) is 12.1 Å². The fourth-order valence-electron chi connectivity index (χ4n) is 6.10. The lowest BCUT2D eigenvalue weighted by atomic mass is 9.79. The number of morpholine rings is 1. The molecule has 0 bridgehead atoms. The SMILES string of the molecule is Fc1ccc(C2(CNC(=S)Nc3nc(N4CCOCC4)cc(N4CCc5ccccc5C4)n3)CCCC2)cc1. The van der Waals surface area contributed by atoms with E-state index in [-0.39, 0.29) is 11.2 Å². The van der Waals surface area contributed by atoms with Crippen molar-refractivity contribution in [2.24, 2.45) is 0 Å². The number of fused-ring (bicyclic) bond motifs is 1. The van der Waals surface area contributed by atoms with Gasteiger partial charge in [-0.15, -0.1) is 0 Å². The lowest BCUT2D eigenvalue weighted by Crippen LogP contribution is -2.41. The Morgan fingerprint density at radius 1 is 0.923 bits per heavy atom. The second kappa shape index (κ2) is 11.4. The van der Waals surface area contributed by atoms with Gasteiger partial charge in [0, 0.05) is 44.2 Å². The molecule has 2 fully saturated rings. The van der Waals surface area contributed by atoms with Crippen LogP contribution in [0.3, 0.4) is 0 Å². The minimum atomic E-state index is -0.206. The van der Waals surface area contributed by atoms with Crippen molar-refractivity contribution in [3.8, 4) is 0 Å². The quantitative estimate of drug-likeness (QED) is 0.427. The number of rotatable bonds is 6. The first-order valence-corrected chi connectivity index (χ1v) is 14.3. The molecule has 2 N–H and O–H groups in total. The standard InChI is InChI=1S/C30H35FN6OS/c31-25-9-7-24(8-10-25)30(12-3-4-13-30)21-32-29(39)35-28-33-26(36-15-17-38-18-16-36)19-27(34-28)37-14-11-22-5-1-2-6-23(22)20-37/h1-2,5-10,19H,3-4,11-18,20-21H2,(H2,32,33,34,35,39). The molecule has 39 heavy (non-hydrogen) atoms. The lowest BCUT2D eigenvalue weighted by Gasteiger charge is -2.32. The van der Waals surface area contributed by atoms with E-state index in [0.29, 0.717) is 30.8 Å². The van der Waals surface area contributed by atoms with Crippen molar-refractivity contribution >= 4 is 34.9 Å². The summed E-state index contributed by atoms with van der Waals surface area (Å²) in [5.74, 6) is 2.06.